The van der Waals surface area contributed by atoms with Gasteiger partial charge in [-0.1, -0.05) is 6.07 Å². The first-order chi connectivity index (χ1) is 7.90. The second-order valence-electron chi connectivity index (χ2n) is 3.66. The highest BCUT2D eigenvalue weighted by Crippen LogP contribution is 2.19. The van der Waals surface area contributed by atoms with Crippen molar-refractivity contribution in [3.8, 4) is 5.75 Å². The maximum atomic E-state index is 11.5. The van der Waals surface area contributed by atoms with E-state index in [2.05, 4.69) is 4.74 Å². The number of phenolic OH excluding ortho intramolecular Hbond substituents is 1. The van der Waals surface area contributed by atoms with Crippen molar-refractivity contribution in [3.63, 3.8) is 0 Å². The van der Waals surface area contributed by atoms with Crippen molar-refractivity contribution in [1.82, 2.24) is 0 Å². The van der Waals surface area contributed by atoms with Gasteiger partial charge in [-0.2, -0.15) is 0 Å². The van der Waals surface area contributed by atoms with Crippen molar-refractivity contribution >= 4 is 17.7 Å². The number of ether oxygens (including phenoxy) is 1. The van der Waals surface area contributed by atoms with Gasteiger partial charge in [0.2, 0.25) is 0 Å². The SMILES string of the molecule is CC(=O)CC(=O)OC(=O)c1ccc(C)cc1O. The highest BCUT2D eigenvalue weighted by Gasteiger charge is 2.17. The van der Waals surface area contributed by atoms with Crippen LogP contribution in [0.15, 0.2) is 18.2 Å². The first kappa shape index (κ1) is 12.9. The van der Waals surface area contributed by atoms with E-state index in [1.807, 2.05) is 0 Å². The highest BCUT2D eigenvalue weighted by molar-refractivity contribution is 6.03. The minimum atomic E-state index is -0.964. The van der Waals surface area contributed by atoms with Crippen LogP contribution >= 0.6 is 0 Å². The molecule has 0 spiro atoms. The summed E-state index contributed by atoms with van der Waals surface area (Å²) in [5.41, 5.74) is 0.668. The van der Waals surface area contributed by atoms with Crippen LogP contribution in [0.1, 0.15) is 29.3 Å². The van der Waals surface area contributed by atoms with Gasteiger partial charge in [0.1, 0.15) is 23.5 Å². The van der Waals surface area contributed by atoms with Crippen LogP contribution in [0.25, 0.3) is 0 Å². The summed E-state index contributed by atoms with van der Waals surface area (Å²) >= 11 is 0. The fraction of sp³-hybridized carbons (Fsp3) is 0.250. The van der Waals surface area contributed by atoms with Gasteiger partial charge in [0.25, 0.3) is 0 Å². The van der Waals surface area contributed by atoms with Crippen LogP contribution in [-0.2, 0) is 14.3 Å². The molecular formula is C12H12O5. The second kappa shape index (κ2) is 5.25. The Morgan fingerprint density at radius 1 is 1.29 bits per heavy atom. The number of hydrogen-bond donors (Lipinski definition) is 1. The van der Waals surface area contributed by atoms with Gasteiger partial charge in [0, 0.05) is 0 Å². The minimum absolute atomic E-state index is 0.104. The third kappa shape index (κ3) is 3.71. The molecule has 0 amide bonds. The number of phenols is 1. The number of rotatable bonds is 3. The Hall–Kier alpha value is -2.17. The van der Waals surface area contributed by atoms with E-state index in [-0.39, 0.29) is 11.3 Å². The molecule has 0 bridgehead atoms. The number of Topliss-reactive ketones (excluding diaryl/α,β-unsaturated/α-hetero) is 1. The molecule has 0 saturated heterocycles. The van der Waals surface area contributed by atoms with Crippen LogP contribution in [0.5, 0.6) is 5.75 Å². The number of esters is 2. The molecule has 90 valence electrons. The molecule has 0 saturated carbocycles. The molecule has 0 heterocycles. The number of aromatic hydroxyl groups is 1. The molecule has 0 aliphatic rings. The second-order valence-corrected chi connectivity index (χ2v) is 3.66. The molecule has 0 fully saturated rings. The first-order valence-electron chi connectivity index (χ1n) is 4.94. The van der Waals surface area contributed by atoms with E-state index < -0.39 is 24.1 Å². The number of carbonyl (C=O) groups excluding carboxylic acids is 3. The lowest BCUT2D eigenvalue weighted by Gasteiger charge is -2.04. The standard InChI is InChI=1S/C12H12O5/c1-7-3-4-9(10(14)5-7)12(16)17-11(15)6-8(2)13/h3-5,14H,6H2,1-2H3. The summed E-state index contributed by atoms with van der Waals surface area (Å²) in [6.07, 6.45) is -0.460. The average Bonchev–Trinajstić information content (AvgIpc) is 2.15. The summed E-state index contributed by atoms with van der Waals surface area (Å²) in [6, 6.07) is 4.34. The van der Waals surface area contributed by atoms with Gasteiger partial charge >= 0.3 is 11.9 Å². The van der Waals surface area contributed by atoms with Gasteiger partial charge < -0.3 is 9.84 Å². The van der Waals surface area contributed by atoms with Gasteiger partial charge in [0.05, 0.1) is 0 Å². The van der Waals surface area contributed by atoms with Crippen LogP contribution < -0.4 is 0 Å². The smallest absolute Gasteiger partial charge is 0.349 e. The van der Waals surface area contributed by atoms with Crippen molar-refractivity contribution in [2.45, 2.75) is 20.3 Å². The van der Waals surface area contributed by atoms with Gasteiger partial charge in [-0.05, 0) is 31.5 Å². The predicted molar refractivity (Wildman–Crippen MR) is 58.6 cm³/mol. The predicted octanol–water partition coefficient (Wildman–Crippen LogP) is 1.36. The molecule has 0 radical (unpaired) electrons. The Labute approximate surface area is 98.0 Å². The zero-order chi connectivity index (χ0) is 13.0. The quantitative estimate of drug-likeness (QED) is 0.633. The lowest BCUT2D eigenvalue weighted by molar-refractivity contribution is -0.140. The molecular weight excluding hydrogens is 224 g/mol. The summed E-state index contributed by atoms with van der Waals surface area (Å²) in [6.45, 7) is 2.96. The molecule has 1 N–H and O–H groups in total. The Morgan fingerprint density at radius 2 is 1.94 bits per heavy atom. The molecule has 0 aliphatic carbocycles. The van der Waals surface area contributed by atoms with Crippen LogP contribution in [0.2, 0.25) is 0 Å². The van der Waals surface area contributed by atoms with Gasteiger partial charge in [-0.3, -0.25) is 9.59 Å². The van der Waals surface area contributed by atoms with E-state index >= 15 is 0 Å². The van der Waals surface area contributed by atoms with E-state index in [0.29, 0.717) is 0 Å². The molecule has 17 heavy (non-hydrogen) atoms. The number of benzene rings is 1. The summed E-state index contributed by atoms with van der Waals surface area (Å²) in [7, 11) is 0. The molecule has 1 aromatic carbocycles. The van der Waals surface area contributed by atoms with E-state index in [9.17, 15) is 19.5 Å². The maximum absolute atomic E-state index is 11.5. The Balaban J connectivity index is 2.76. The third-order valence-corrected chi connectivity index (χ3v) is 1.97. The number of hydrogen-bond acceptors (Lipinski definition) is 5. The molecule has 1 rings (SSSR count). The molecule has 5 heteroatoms. The largest absolute Gasteiger partial charge is 0.507 e. The fourth-order valence-corrected chi connectivity index (χ4v) is 1.21. The van der Waals surface area contributed by atoms with Crippen LogP contribution in [-0.4, -0.2) is 22.8 Å². The number of carbonyl (C=O) groups is 3. The summed E-state index contributed by atoms with van der Waals surface area (Å²) < 4.78 is 4.41. The van der Waals surface area contributed by atoms with E-state index in [1.54, 1.807) is 13.0 Å². The van der Waals surface area contributed by atoms with E-state index in [1.165, 1.54) is 19.1 Å². The van der Waals surface area contributed by atoms with Gasteiger partial charge in [-0.15, -0.1) is 0 Å². The lowest BCUT2D eigenvalue weighted by atomic mass is 10.1. The third-order valence-electron chi connectivity index (χ3n) is 1.97. The normalized spacial score (nSPS) is 9.76. The first-order valence-corrected chi connectivity index (χ1v) is 4.94. The molecule has 1 aromatic rings. The summed E-state index contributed by atoms with van der Waals surface area (Å²) in [5, 5.41) is 9.48. The molecule has 0 aromatic heterocycles. The zero-order valence-corrected chi connectivity index (χ0v) is 9.52. The Kier molecular flexibility index (Phi) is 3.98. The lowest BCUT2D eigenvalue weighted by Crippen LogP contribution is -2.15. The summed E-state index contributed by atoms with van der Waals surface area (Å²) in [5.74, 6) is -2.54. The monoisotopic (exact) mass is 236 g/mol. The average molecular weight is 236 g/mol. The van der Waals surface area contributed by atoms with Crippen molar-refractivity contribution < 1.29 is 24.2 Å². The topological polar surface area (TPSA) is 80.7 Å². The maximum Gasteiger partial charge on any atom is 0.349 e. The Bertz CT molecular complexity index is 476. The Morgan fingerprint density at radius 3 is 2.47 bits per heavy atom. The van der Waals surface area contributed by atoms with Crippen molar-refractivity contribution in [2.75, 3.05) is 0 Å². The van der Waals surface area contributed by atoms with Crippen LogP contribution in [0.3, 0.4) is 0 Å². The highest BCUT2D eigenvalue weighted by atomic mass is 16.6. The summed E-state index contributed by atoms with van der Waals surface area (Å²) in [4.78, 5) is 33.1. The van der Waals surface area contributed by atoms with E-state index in [0.717, 1.165) is 5.56 Å². The number of ketones is 1. The van der Waals surface area contributed by atoms with Gasteiger partial charge in [-0.25, -0.2) is 4.79 Å². The van der Waals surface area contributed by atoms with Crippen molar-refractivity contribution in [3.05, 3.63) is 29.3 Å². The van der Waals surface area contributed by atoms with Crippen molar-refractivity contribution in [1.29, 1.82) is 0 Å². The minimum Gasteiger partial charge on any atom is -0.507 e. The fourth-order valence-electron chi connectivity index (χ4n) is 1.21. The molecule has 0 atom stereocenters. The molecule has 5 nitrogen and oxygen atoms in total. The number of aryl methyl sites for hydroxylation is 1. The van der Waals surface area contributed by atoms with Crippen LogP contribution in [0.4, 0.5) is 0 Å². The zero-order valence-electron chi connectivity index (χ0n) is 9.52. The van der Waals surface area contributed by atoms with Gasteiger partial charge in [0.15, 0.2) is 0 Å². The van der Waals surface area contributed by atoms with Crippen LogP contribution in [0, 0.1) is 6.92 Å². The molecule has 0 aliphatic heterocycles. The van der Waals surface area contributed by atoms with Crippen molar-refractivity contribution in [2.24, 2.45) is 0 Å². The van der Waals surface area contributed by atoms with E-state index in [4.69, 9.17) is 0 Å². The molecule has 0 unspecified atom stereocenters.